The summed E-state index contributed by atoms with van der Waals surface area (Å²) in [6.07, 6.45) is 1.05. The first-order chi connectivity index (χ1) is 23.9. The van der Waals surface area contributed by atoms with Crippen LogP contribution in [0.1, 0.15) is 58.1 Å². The normalized spacial score (nSPS) is 21.5. The minimum absolute atomic E-state index is 0.0208. The van der Waals surface area contributed by atoms with Crippen LogP contribution >= 0.6 is 23.2 Å². The third-order valence-electron chi connectivity index (χ3n) is 8.92. The maximum atomic E-state index is 15.9. The third kappa shape index (κ3) is 9.63. The number of aliphatic hydroxyl groups is 3. The summed E-state index contributed by atoms with van der Waals surface area (Å²) in [6.45, 7) is 9.22. The maximum Gasteiger partial charge on any atom is 0.243 e. The van der Waals surface area contributed by atoms with Crippen molar-refractivity contribution in [3.63, 3.8) is 0 Å². The van der Waals surface area contributed by atoms with E-state index in [4.69, 9.17) is 27.9 Å². The SMILES string of the molecule is CC(C)(C)CC1NC(C(=O)Nc2ccn(CC(C)(C)OCC(O)CNC(CO)CO)n2)C(c2cccc(Cl)c2F)C1(C#N)c1ccc(Cl)cc1F. The number of aromatic nitrogens is 2. The van der Waals surface area contributed by atoms with Crippen LogP contribution in [-0.2, 0) is 21.5 Å². The Morgan fingerprint density at radius 1 is 1.16 bits per heavy atom. The lowest BCUT2D eigenvalue weighted by atomic mass is 9.62. The van der Waals surface area contributed by atoms with Crippen molar-refractivity contribution in [3.8, 4) is 6.07 Å². The second kappa shape index (κ2) is 16.7. The molecule has 4 rings (SSSR count). The molecule has 1 aromatic heterocycles. The number of rotatable bonds is 15. The van der Waals surface area contributed by atoms with E-state index in [2.05, 4.69) is 27.1 Å². The van der Waals surface area contributed by atoms with E-state index in [1.165, 1.54) is 30.3 Å². The topological polar surface area (TPSA) is 165 Å². The van der Waals surface area contributed by atoms with Gasteiger partial charge >= 0.3 is 0 Å². The van der Waals surface area contributed by atoms with Crippen molar-refractivity contribution in [2.24, 2.45) is 5.41 Å². The van der Waals surface area contributed by atoms with E-state index >= 15 is 8.78 Å². The van der Waals surface area contributed by atoms with Crippen LogP contribution < -0.4 is 16.0 Å². The number of hydrogen-bond donors (Lipinski definition) is 6. The molecule has 5 unspecified atom stereocenters. The number of nitrogens with zero attached hydrogens (tertiary/aromatic N) is 3. The van der Waals surface area contributed by atoms with Crippen molar-refractivity contribution in [1.29, 1.82) is 5.26 Å². The molecule has 0 bridgehead atoms. The highest BCUT2D eigenvalue weighted by Gasteiger charge is 2.61. The fraction of sp³-hybridized carbons (Fsp3) is 0.528. The minimum Gasteiger partial charge on any atom is -0.395 e. The van der Waals surface area contributed by atoms with Gasteiger partial charge in [0.1, 0.15) is 17.0 Å². The first-order valence-corrected chi connectivity index (χ1v) is 17.4. The molecule has 0 spiro atoms. The van der Waals surface area contributed by atoms with E-state index in [0.717, 1.165) is 6.07 Å². The summed E-state index contributed by atoms with van der Waals surface area (Å²) >= 11 is 12.3. The quantitative estimate of drug-likeness (QED) is 0.131. The second-order valence-electron chi connectivity index (χ2n) is 14.8. The van der Waals surface area contributed by atoms with Crippen LogP contribution in [0.4, 0.5) is 14.6 Å². The Balaban J connectivity index is 1.63. The number of carbonyl (C=O) groups excluding carboxylic acids is 1. The van der Waals surface area contributed by atoms with Crippen LogP contribution in [0, 0.1) is 28.4 Å². The van der Waals surface area contributed by atoms with Crippen molar-refractivity contribution in [3.05, 3.63) is 81.5 Å². The van der Waals surface area contributed by atoms with E-state index in [1.54, 1.807) is 30.8 Å². The van der Waals surface area contributed by atoms with Crippen molar-refractivity contribution in [2.75, 3.05) is 31.7 Å². The second-order valence-corrected chi connectivity index (χ2v) is 15.6. The van der Waals surface area contributed by atoms with Gasteiger partial charge in [-0.3, -0.25) is 9.48 Å². The largest absolute Gasteiger partial charge is 0.395 e. The van der Waals surface area contributed by atoms with E-state index < -0.39 is 64.1 Å². The lowest BCUT2D eigenvalue weighted by molar-refractivity contribution is -0.118. The average molecular weight is 752 g/mol. The van der Waals surface area contributed by atoms with Crippen molar-refractivity contribution in [2.45, 2.75) is 88.7 Å². The minimum atomic E-state index is -1.77. The highest BCUT2D eigenvalue weighted by Crippen LogP contribution is 2.52. The van der Waals surface area contributed by atoms with E-state index in [0.29, 0.717) is 6.42 Å². The zero-order chi connectivity index (χ0) is 37.7. The fourth-order valence-corrected chi connectivity index (χ4v) is 6.92. The summed E-state index contributed by atoms with van der Waals surface area (Å²) in [5.41, 5.74) is -3.02. The van der Waals surface area contributed by atoms with Gasteiger partial charge in [0.25, 0.3) is 0 Å². The highest BCUT2D eigenvalue weighted by molar-refractivity contribution is 6.31. The summed E-state index contributed by atoms with van der Waals surface area (Å²) < 4.78 is 39.3. The Labute approximate surface area is 306 Å². The summed E-state index contributed by atoms with van der Waals surface area (Å²) in [7, 11) is 0. The van der Waals surface area contributed by atoms with Crippen LogP contribution in [0.15, 0.2) is 48.7 Å². The van der Waals surface area contributed by atoms with E-state index in [9.17, 15) is 25.4 Å². The van der Waals surface area contributed by atoms with E-state index in [-0.39, 0.29) is 59.9 Å². The van der Waals surface area contributed by atoms with Gasteiger partial charge in [-0.15, -0.1) is 0 Å². The molecule has 0 radical (unpaired) electrons. The summed E-state index contributed by atoms with van der Waals surface area (Å²) in [5.74, 6) is -3.26. The number of ether oxygens (including phenoxy) is 1. The van der Waals surface area contributed by atoms with Gasteiger partial charge in [0.15, 0.2) is 5.82 Å². The molecule has 15 heteroatoms. The lowest BCUT2D eigenvalue weighted by Gasteiger charge is -2.37. The van der Waals surface area contributed by atoms with Gasteiger partial charge in [0.05, 0.1) is 61.2 Å². The molecule has 51 heavy (non-hydrogen) atoms. The molecule has 6 N–H and O–H groups in total. The molecule has 0 saturated carbocycles. The summed E-state index contributed by atoms with van der Waals surface area (Å²) in [6, 6.07) is 9.63. The molecule has 3 aromatic rings. The monoisotopic (exact) mass is 750 g/mol. The molecule has 11 nitrogen and oxygen atoms in total. The Morgan fingerprint density at radius 3 is 2.49 bits per heavy atom. The zero-order valence-corrected chi connectivity index (χ0v) is 30.8. The predicted octanol–water partition coefficient (Wildman–Crippen LogP) is 4.53. The van der Waals surface area contributed by atoms with Gasteiger partial charge < -0.3 is 36.0 Å². The van der Waals surface area contributed by atoms with Crippen LogP contribution in [0.25, 0.3) is 0 Å². The van der Waals surface area contributed by atoms with Gasteiger partial charge in [-0.1, -0.05) is 62.2 Å². The number of nitrogens with one attached hydrogen (secondary N) is 3. The number of nitriles is 1. The third-order valence-corrected chi connectivity index (χ3v) is 9.44. The fourth-order valence-electron chi connectivity index (χ4n) is 6.58. The molecule has 1 aliphatic heterocycles. The number of carbonyl (C=O) groups is 1. The first kappa shape index (κ1) is 40.6. The molecule has 278 valence electrons. The number of aliphatic hydroxyl groups excluding tert-OH is 3. The number of anilines is 1. The molecule has 1 saturated heterocycles. The van der Waals surface area contributed by atoms with Gasteiger partial charge in [-0.25, -0.2) is 8.78 Å². The van der Waals surface area contributed by atoms with Crippen LogP contribution in [0.2, 0.25) is 10.0 Å². The van der Waals surface area contributed by atoms with Gasteiger partial charge in [-0.05, 0) is 49.4 Å². The molecular weight excluding hydrogens is 705 g/mol. The molecule has 1 amide bonds. The van der Waals surface area contributed by atoms with E-state index in [1.807, 2.05) is 20.8 Å². The van der Waals surface area contributed by atoms with Crippen LogP contribution in [-0.4, -0.2) is 87.2 Å². The molecule has 1 fully saturated rings. The predicted molar refractivity (Wildman–Crippen MR) is 190 cm³/mol. The standard InChI is InChI=1S/C36H46Cl2F2N6O5/c1-34(2,3)14-28-36(19-41,25-10-9-21(37)13-27(25)39)30(24-7-6-8-26(38)31(24)40)32(43-28)33(50)44-29-11-12-46(45-29)20-35(4,5)51-18-23(49)15-42-22(16-47)17-48/h6-13,22-23,28,30,32,42-43,47-49H,14-18,20H2,1-5H3,(H,44,45,50). The molecule has 5 atom stereocenters. The number of amides is 1. The Hall–Kier alpha value is -3.19. The summed E-state index contributed by atoms with van der Waals surface area (Å²) in [5, 5.41) is 53.0. The Bertz CT molecular complexity index is 1710. The Morgan fingerprint density at radius 2 is 1.86 bits per heavy atom. The lowest BCUT2D eigenvalue weighted by Crippen LogP contribution is -2.45. The van der Waals surface area contributed by atoms with Crippen LogP contribution in [0.3, 0.4) is 0 Å². The highest BCUT2D eigenvalue weighted by atomic mass is 35.5. The smallest absolute Gasteiger partial charge is 0.243 e. The maximum absolute atomic E-state index is 15.9. The van der Waals surface area contributed by atoms with Gasteiger partial charge in [-0.2, -0.15) is 10.4 Å². The molecule has 2 aromatic carbocycles. The number of benzene rings is 2. The Kier molecular flexibility index (Phi) is 13.2. The molecule has 0 aliphatic carbocycles. The van der Waals surface area contributed by atoms with Gasteiger partial charge in [0.2, 0.25) is 5.91 Å². The van der Waals surface area contributed by atoms with Crippen molar-refractivity contribution < 1.29 is 33.6 Å². The summed E-state index contributed by atoms with van der Waals surface area (Å²) in [4.78, 5) is 14.2. The average Bonchev–Trinajstić information content (AvgIpc) is 3.62. The zero-order valence-electron chi connectivity index (χ0n) is 29.3. The molecular formula is C36H46Cl2F2N6O5. The number of halogens is 4. The van der Waals surface area contributed by atoms with Crippen molar-refractivity contribution >= 4 is 34.9 Å². The first-order valence-electron chi connectivity index (χ1n) is 16.6. The van der Waals surface area contributed by atoms with Gasteiger partial charge in [0, 0.05) is 41.4 Å². The van der Waals surface area contributed by atoms with Crippen LogP contribution in [0.5, 0.6) is 0 Å². The molecule has 2 heterocycles. The van der Waals surface area contributed by atoms with Crippen molar-refractivity contribution in [1.82, 2.24) is 20.4 Å². The number of hydrogen-bond acceptors (Lipinski definition) is 9. The molecule has 1 aliphatic rings.